The molecule has 1 saturated carbocycles. The van der Waals surface area contributed by atoms with Gasteiger partial charge in [-0.1, -0.05) is 48.5 Å². The fraction of sp³-hybridized carbons (Fsp3) is 0.286. The maximum absolute atomic E-state index is 12.7. The SMILES string of the molecule is O=C(NC1CC1)[C@@H](Cc1c[nH]c2ccccc12)NS(=O)(=O)Cc1ccccc1. The summed E-state index contributed by atoms with van der Waals surface area (Å²) in [6, 6.07) is 16.1. The molecule has 1 aliphatic carbocycles. The minimum atomic E-state index is -3.67. The highest BCUT2D eigenvalue weighted by Crippen LogP contribution is 2.21. The molecule has 28 heavy (non-hydrogen) atoms. The highest BCUT2D eigenvalue weighted by atomic mass is 32.2. The van der Waals surface area contributed by atoms with Crippen molar-refractivity contribution in [3.63, 3.8) is 0 Å². The Balaban J connectivity index is 1.55. The fourth-order valence-electron chi connectivity index (χ4n) is 3.29. The molecule has 1 atom stereocenters. The van der Waals surface area contributed by atoms with E-state index in [1.165, 1.54) is 0 Å². The molecule has 1 aromatic heterocycles. The summed E-state index contributed by atoms with van der Waals surface area (Å²) >= 11 is 0. The first-order valence-electron chi connectivity index (χ1n) is 9.39. The first kappa shape index (κ1) is 18.7. The van der Waals surface area contributed by atoms with Gasteiger partial charge in [-0.15, -0.1) is 0 Å². The molecule has 7 heteroatoms. The summed E-state index contributed by atoms with van der Waals surface area (Å²) in [5, 5.41) is 3.92. The van der Waals surface area contributed by atoms with Crippen molar-refractivity contribution in [3.8, 4) is 0 Å². The lowest BCUT2D eigenvalue weighted by Crippen LogP contribution is -2.48. The molecule has 3 aromatic rings. The summed E-state index contributed by atoms with van der Waals surface area (Å²) < 4.78 is 28.0. The van der Waals surface area contributed by atoms with Crippen LogP contribution in [0.4, 0.5) is 0 Å². The number of rotatable bonds is 8. The maximum Gasteiger partial charge on any atom is 0.238 e. The van der Waals surface area contributed by atoms with Crippen molar-refractivity contribution in [3.05, 3.63) is 71.9 Å². The number of para-hydroxylation sites is 1. The van der Waals surface area contributed by atoms with E-state index in [9.17, 15) is 13.2 Å². The number of fused-ring (bicyclic) bond motifs is 1. The second kappa shape index (κ2) is 7.77. The Bertz CT molecular complexity index is 1070. The molecule has 1 fully saturated rings. The Hall–Kier alpha value is -2.64. The normalized spacial score (nSPS) is 15.4. The number of aromatic amines is 1. The Morgan fingerprint density at radius 1 is 1.07 bits per heavy atom. The summed E-state index contributed by atoms with van der Waals surface area (Å²) in [6.45, 7) is 0. The largest absolute Gasteiger partial charge is 0.361 e. The van der Waals surface area contributed by atoms with E-state index in [2.05, 4.69) is 15.0 Å². The van der Waals surface area contributed by atoms with Crippen LogP contribution in [0.5, 0.6) is 0 Å². The van der Waals surface area contributed by atoms with Crippen LogP contribution in [-0.2, 0) is 27.0 Å². The Labute approximate surface area is 164 Å². The third-order valence-corrected chi connectivity index (χ3v) is 6.22. The number of nitrogens with one attached hydrogen (secondary N) is 3. The van der Waals surface area contributed by atoms with Crippen LogP contribution < -0.4 is 10.0 Å². The van der Waals surface area contributed by atoms with E-state index >= 15 is 0 Å². The lowest BCUT2D eigenvalue weighted by molar-refractivity contribution is -0.122. The van der Waals surface area contributed by atoms with Crippen LogP contribution in [0.1, 0.15) is 24.0 Å². The average Bonchev–Trinajstić information content (AvgIpc) is 3.40. The topological polar surface area (TPSA) is 91.1 Å². The molecule has 0 bridgehead atoms. The average molecular weight is 398 g/mol. The fourth-order valence-corrected chi connectivity index (χ4v) is 4.63. The van der Waals surface area contributed by atoms with Gasteiger partial charge in [0.2, 0.25) is 15.9 Å². The number of amides is 1. The summed E-state index contributed by atoms with van der Waals surface area (Å²) in [6.07, 6.45) is 4.02. The standard InChI is InChI=1S/C21H23N3O3S/c25-21(23-17-10-11-17)20(12-16-13-22-19-9-5-4-8-18(16)19)24-28(26,27)14-15-6-2-1-3-7-15/h1-9,13,17,20,22,24H,10-12,14H2,(H,23,25)/t20-/m1/s1. The molecule has 1 heterocycles. The zero-order valence-electron chi connectivity index (χ0n) is 15.4. The Morgan fingerprint density at radius 2 is 1.79 bits per heavy atom. The maximum atomic E-state index is 12.7. The third kappa shape index (κ3) is 4.61. The van der Waals surface area contributed by atoms with Crippen molar-refractivity contribution in [2.45, 2.75) is 37.1 Å². The second-order valence-electron chi connectivity index (χ2n) is 7.26. The quantitative estimate of drug-likeness (QED) is 0.545. The van der Waals surface area contributed by atoms with Gasteiger partial charge in [0.25, 0.3) is 0 Å². The van der Waals surface area contributed by atoms with Gasteiger partial charge in [-0.3, -0.25) is 4.79 Å². The van der Waals surface area contributed by atoms with Gasteiger partial charge < -0.3 is 10.3 Å². The highest BCUT2D eigenvalue weighted by molar-refractivity contribution is 7.88. The number of hydrogen-bond acceptors (Lipinski definition) is 3. The summed E-state index contributed by atoms with van der Waals surface area (Å²) in [7, 11) is -3.67. The zero-order chi connectivity index (χ0) is 19.6. The second-order valence-corrected chi connectivity index (χ2v) is 9.02. The molecule has 1 aliphatic rings. The number of benzene rings is 2. The molecule has 3 N–H and O–H groups in total. The molecule has 0 spiro atoms. The number of aromatic nitrogens is 1. The zero-order valence-corrected chi connectivity index (χ0v) is 16.2. The van der Waals surface area contributed by atoms with Crippen LogP contribution in [-0.4, -0.2) is 31.4 Å². The van der Waals surface area contributed by atoms with E-state index in [1.807, 2.05) is 36.5 Å². The minimum absolute atomic E-state index is 0.158. The molecule has 0 radical (unpaired) electrons. The Morgan fingerprint density at radius 3 is 2.54 bits per heavy atom. The molecule has 2 aromatic carbocycles. The van der Waals surface area contributed by atoms with Crippen molar-refractivity contribution in [2.75, 3.05) is 0 Å². The predicted octanol–water partition coefficient (Wildman–Crippen LogP) is 2.48. The van der Waals surface area contributed by atoms with Gasteiger partial charge in [0, 0.05) is 23.1 Å². The van der Waals surface area contributed by atoms with Crippen molar-refractivity contribution in [2.24, 2.45) is 0 Å². The summed E-state index contributed by atoms with van der Waals surface area (Å²) in [5.41, 5.74) is 2.56. The number of sulfonamides is 1. The molecule has 1 amide bonds. The molecule has 6 nitrogen and oxygen atoms in total. The van der Waals surface area contributed by atoms with Gasteiger partial charge in [0.15, 0.2) is 0 Å². The van der Waals surface area contributed by atoms with Gasteiger partial charge in [-0.25, -0.2) is 13.1 Å². The van der Waals surface area contributed by atoms with Gasteiger partial charge in [-0.2, -0.15) is 0 Å². The first-order chi connectivity index (χ1) is 13.5. The lowest BCUT2D eigenvalue weighted by Gasteiger charge is -2.18. The van der Waals surface area contributed by atoms with Gasteiger partial charge in [0.05, 0.1) is 5.75 Å². The molecular weight excluding hydrogens is 374 g/mol. The van der Waals surface area contributed by atoms with Crippen LogP contribution in [0.15, 0.2) is 60.8 Å². The van der Waals surface area contributed by atoms with E-state index in [0.29, 0.717) is 5.56 Å². The number of carbonyl (C=O) groups is 1. The van der Waals surface area contributed by atoms with Crippen molar-refractivity contribution in [1.82, 2.24) is 15.0 Å². The Kier molecular flexibility index (Phi) is 5.19. The van der Waals surface area contributed by atoms with E-state index < -0.39 is 16.1 Å². The predicted molar refractivity (Wildman–Crippen MR) is 109 cm³/mol. The molecular formula is C21H23N3O3S. The van der Waals surface area contributed by atoms with Crippen LogP contribution in [0.25, 0.3) is 10.9 Å². The van der Waals surface area contributed by atoms with Crippen molar-refractivity contribution in [1.29, 1.82) is 0 Å². The molecule has 0 unspecified atom stereocenters. The third-order valence-electron chi connectivity index (χ3n) is 4.86. The van der Waals surface area contributed by atoms with Crippen molar-refractivity contribution >= 4 is 26.8 Å². The number of hydrogen-bond donors (Lipinski definition) is 3. The monoisotopic (exact) mass is 397 g/mol. The van der Waals surface area contributed by atoms with Crippen LogP contribution >= 0.6 is 0 Å². The van der Waals surface area contributed by atoms with E-state index in [1.54, 1.807) is 24.3 Å². The smallest absolute Gasteiger partial charge is 0.238 e. The van der Waals surface area contributed by atoms with E-state index in [4.69, 9.17) is 0 Å². The van der Waals surface area contributed by atoms with Crippen molar-refractivity contribution < 1.29 is 13.2 Å². The number of H-pyrrole nitrogens is 1. The molecule has 146 valence electrons. The van der Waals surface area contributed by atoms with E-state index in [-0.39, 0.29) is 24.1 Å². The lowest BCUT2D eigenvalue weighted by atomic mass is 10.1. The van der Waals surface area contributed by atoms with Gasteiger partial charge in [0.1, 0.15) is 6.04 Å². The highest BCUT2D eigenvalue weighted by Gasteiger charge is 2.30. The number of carbonyl (C=O) groups excluding carboxylic acids is 1. The van der Waals surface area contributed by atoms with E-state index in [0.717, 1.165) is 29.3 Å². The van der Waals surface area contributed by atoms with Gasteiger partial charge in [-0.05, 0) is 36.5 Å². The molecule has 0 saturated heterocycles. The van der Waals surface area contributed by atoms with Crippen LogP contribution in [0, 0.1) is 0 Å². The van der Waals surface area contributed by atoms with Crippen LogP contribution in [0.2, 0.25) is 0 Å². The first-order valence-corrected chi connectivity index (χ1v) is 11.0. The molecule has 4 rings (SSSR count). The summed E-state index contributed by atoms with van der Waals surface area (Å²) in [4.78, 5) is 15.9. The molecule has 0 aliphatic heterocycles. The van der Waals surface area contributed by atoms with Crippen LogP contribution in [0.3, 0.4) is 0 Å². The van der Waals surface area contributed by atoms with Gasteiger partial charge >= 0.3 is 0 Å². The minimum Gasteiger partial charge on any atom is -0.361 e. The summed E-state index contributed by atoms with van der Waals surface area (Å²) in [5.74, 6) is -0.431.